The van der Waals surface area contributed by atoms with Gasteiger partial charge in [0.15, 0.2) is 0 Å². The molecule has 0 fully saturated rings. The van der Waals surface area contributed by atoms with Crippen molar-refractivity contribution in [3.8, 4) is 16.8 Å². The Hall–Kier alpha value is -4.78. The van der Waals surface area contributed by atoms with Crippen molar-refractivity contribution in [2.75, 3.05) is 19.0 Å². The Bertz CT molecular complexity index is 1800. The second-order valence-electron chi connectivity index (χ2n) is 9.78. The molecule has 0 aliphatic heterocycles. The summed E-state index contributed by atoms with van der Waals surface area (Å²) in [5.41, 5.74) is 6.27. The van der Waals surface area contributed by atoms with Gasteiger partial charge < -0.3 is 9.88 Å². The predicted octanol–water partition coefficient (Wildman–Crippen LogP) is 5.74. The van der Waals surface area contributed by atoms with Crippen LogP contribution in [0, 0.1) is 0 Å². The fraction of sp³-hybridized carbons (Fsp3) is 0.161. The SMILES string of the molecule is C[C@H](Cc1ncnc2cc[nH]c12)c1cc2cccc(-c3ccc(N(C)C)nc3)c2c(=O)n1-c1ccccc1. The highest BCUT2D eigenvalue weighted by Gasteiger charge is 2.20. The predicted molar refractivity (Wildman–Crippen MR) is 153 cm³/mol. The lowest BCUT2D eigenvalue weighted by Gasteiger charge is -2.21. The van der Waals surface area contributed by atoms with Crippen LogP contribution in [0.5, 0.6) is 0 Å². The van der Waals surface area contributed by atoms with Crippen LogP contribution in [0.3, 0.4) is 0 Å². The molecule has 0 saturated carbocycles. The third-order valence-corrected chi connectivity index (χ3v) is 7.04. The van der Waals surface area contributed by atoms with E-state index in [0.29, 0.717) is 11.8 Å². The molecular formula is C31H28N6O. The second-order valence-corrected chi connectivity index (χ2v) is 9.78. The van der Waals surface area contributed by atoms with Crippen LogP contribution >= 0.6 is 0 Å². The molecule has 6 aromatic rings. The molecule has 0 radical (unpaired) electrons. The fourth-order valence-electron chi connectivity index (χ4n) is 5.11. The van der Waals surface area contributed by atoms with E-state index in [2.05, 4.69) is 32.9 Å². The number of hydrogen-bond donors (Lipinski definition) is 1. The van der Waals surface area contributed by atoms with Gasteiger partial charge in [0.1, 0.15) is 12.1 Å². The van der Waals surface area contributed by atoms with E-state index >= 15 is 0 Å². The summed E-state index contributed by atoms with van der Waals surface area (Å²) < 4.78 is 1.85. The minimum Gasteiger partial charge on any atom is -0.363 e. The van der Waals surface area contributed by atoms with Crippen molar-refractivity contribution in [1.82, 2.24) is 24.5 Å². The van der Waals surface area contributed by atoms with E-state index in [-0.39, 0.29) is 11.5 Å². The van der Waals surface area contributed by atoms with Gasteiger partial charge in [-0.3, -0.25) is 9.36 Å². The van der Waals surface area contributed by atoms with Gasteiger partial charge in [0.05, 0.1) is 22.1 Å². The first-order valence-corrected chi connectivity index (χ1v) is 12.7. The zero-order valence-corrected chi connectivity index (χ0v) is 21.6. The molecule has 6 rings (SSSR count). The van der Waals surface area contributed by atoms with E-state index in [1.54, 1.807) is 6.33 Å². The molecule has 1 N–H and O–H groups in total. The number of hydrogen-bond acceptors (Lipinski definition) is 5. The summed E-state index contributed by atoms with van der Waals surface area (Å²) in [6.45, 7) is 2.14. The molecule has 4 heterocycles. The third-order valence-electron chi connectivity index (χ3n) is 7.04. The van der Waals surface area contributed by atoms with Crippen molar-refractivity contribution in [2.24, 2.45) is 0 Å². The molecule has 0 aliphatic rings. The summed E-state index contributed by atoms with van der Waals surface area (Å²) in [7, 11) is 3.92. The van der Waals surface area contributed by atoms with Gasteiger partial charge in [-0.25, -0.2) is 15.0 Å². The van der Waals surface area contributed by atoms with Crippen LogP contribution in [0.15, 0.2) is 96.3 Å². The van der Waals surface area contributed by atoms with Crippen LogP contribution in [0.4, 0.5) is 5.82 Å². The largest absolute Gasteiger partial charge is 0.363 e. The molecule has 0 bridgehead atoms. The van der Waals surface area contributed by atoms with Gasteiger partial charge in [0.25, 0.3) is 5.56 Å². The van der Waals surface area contributed by atoms with E-state index < -0.39 is 0 Å². The van der Waals surface area contributed by atoms with Crippen molar-refractivity contribution in [3.05, 3.63) is 113 Å². The molecule has 0 amide bonds. The molecule has 38 heavy (non-hydrogen) atoms. The van der Waals surface area contributed by atoms with Crippen LogP contribution < -0.4 is 10.5 Å². The zero-order chi connectivity index (χ0) is 26.2. The van der Waals surface area contributed by atoms with Gasteiger partial charge in [-0.05, 0) is 53.8 Å². The van der Waals surface area contributed by atoms with Gasteiger partial charge in [-0.15, -0.1) is 0 Å². The van der Waals surface area contributed by atoms with Crippen molar-refractivity contribution in [3.63, 3.8) is 0 Å². The molecule has 0 unspecified atom stereocenters. The summed E-state index contributed by atoms with van der Waals surface area (Å²) in [4.78, 5) is 33.1. The standard InChI is InChI=1S/C31H28N6O/c1-20(16-26-30-25(14-15-32-30)34-19-35-26)27-17-21-8-7-11-24(22-12-13-28(33-18-22)36(2)3)29(21)31(38)37(27)23-9-5-4-6-10-23/h4-15,17-20,32H,16H2,1-3H3/t20-/m1/s1. The van der Waals surface area contributed by atoms with Gasteiger partial charge in [0, 0.05) is 49.4 Å². The Kier molecular flexibility index (Phi) is 5.96. The molecule has 188 valence electrons. The van der Waals surface area contributed by atoms with Gasteiger partial charge in [-0.1, -0.05) is 43.3 Å². The van der Waals surface area contributed by atoms with Crippen LogP contribution in [0.25, 0.3) is 38.6 Å². The molecule has 4 aromatic heterocycles. The number of nitrogens with zero attached hydrogens (tertiary/aromatic N) is 5. The Balaban J connectivity index is 1.54. The normalized spacial score (nSPS) is 12.2. The maximum Gasteiger partial charge on any atom is 0.263 e. The Morgan fingerprint density at radius 1 is 0.947 bits per heavy atom. The first-order valence-electron chi connectivity index (χ1n) is 12.7. The summed E-state index contributed by atoms with van der Waals surface area (Å²) in [5, 5.41) is 1.59. The maximum atomic E-state index is 14.3. The number of nitrogens with one attached hydrogen (secondary N) is 1. The maximum absolute atomic E-state index is 14.3. The van der Waals surface area contributed by atoms with Crippen molar-refractivity contribution < 1.29 is 0 Å². The van der Waals surface area contributed by atoms with E-state index in [4.69, 9.17) is 0 Å². The molecular weight excluding hydrogens is 472 g/mol. The number of benzene rings is 2. The van der Waals surface area contributed by atoms with E-state index in [1.807, 2.05) is 103 Å². The average molecular weight is 501 g/mol. The molecule has 0 spiro atoms. The molecule has 7 heteroatoms. The summed E-state index contributed by atoms with van der Waals surface area (Å²) in [5.74, 6) is 0.881. The molecule has 0 saturated heterocycles. The number of aromatic nitrogens is 5. The highest BCUT2D eigenvalue weighted by Crippen LogP contribution is 2.31. The minimum atomic E-state index is -0.0458. The zero-order valence-electron chi connectivity index (χ0n) is 21.6. The number of fused-ring (bicyclic) bond motifs is 2. The minimum absolute atomic E-state index is 0.0124. The number of H-pyrrole nitrogens is 1. The highest BCUT2D eigenvalue weighted by atomic mass is 16.1. The molecule has 7 nitrogen and oxygen atoms in total. The van der Waals surface area contributed by atoms with Crippen molar-refractivity contribution in [2.45, 2.75) is 19.3 Å². The number of pyridine rings is 2. The number of anilines is 1. The Morgan fingerprint density at radius 2 is 1.79 bits per heavy atom. The lowest BCUT2D eigenvalue weighted by Crippen LogP contribution is -2.24. The summed E-state index contributed by atoms with van der Waals surface area (Å²) in [6, 6.07) is 24.0. The quantitative estimate of drug-likeness (QED) is 0.316. The number of rotatable bonds is 6. The lowest BCUT2D eigenvalue weighted by atomic mass is 9.95. The monoisotopic (exact) mass is 500 g/mol. The van der Waals surface area contributed by atoms with Crippen molar-refractivity contribution in [1.29, 1.82) is 0 Å². The lowest BCUT2D eigenvalue weighted by molar-refractivity contribution is 0.687. The first-order chi connectivity index (χ1) is 18.5. The Labute approximate surface area is 220 Å². The van der Waals surface area contributed by atoms with E-state index in [1.165, 1.54) is 0 Å². The topological polar surface area (TPSA) is 79.7 Å². The Morgan fingerprint density at radius 3 is 2.55 bits per heavy atom. The van der Waals surface area contributed by atoms with Crippen LogP contribution in [-0.2, 0) is 6.42 Å². The number of aromatic amines is 1. The first kappa shape index (κ1) is 23.6. The van der Waals surface area contributed by atoms with E-state index in [0.717, 1.165) is 50.4 Å². The second kappa shape index (κ2) is 9.59. The van der Waals surface area contributed by atoms with E-state index in [9.17, 15) is 4.79 Å². The fourth-order valence-corrected chi connectivity index (χ4v) is 5.11. The van der Waals surface area contributed by atoms with Crippen LogP contribution in [-0.4, -0.2) is 38.6 Å². The summed E-state index contributed by atoms with van der Waals surface area (Å²) in [6.07, 6.45) is 5.98. The van der Waals surface area contributed by atoms with Gasteiger partial charge in [-0.2, -0.15) is 0 Å². The average Bonchev–Trinajstić information content (AvgIpc) is 3.43. The smallest absolute Gasteiger partial charge is 0.263 e. The van der Waals surface area contributed by atoms with Crippen molar-refractivity contribution >= 4 is 27.6 Å². The molecule has 1 atom stereocenters. The van der Waals surface area contributed by atoms with Gasteiger partial charge in [0.2, 0.25) is 0 Å². The van der Waals surface area contributed by atoms with Crippen LogP contribution in [0.1, 0.15) is 24.2 Å². The summed E-state index contributed by atoms with van der Waals surface area (Å²) >= 11 is 0. The highest BCUT2D eigenvalue weighted by molar-refractivity contribution is 5.96. The number of para-hydroxylation sites is 1. The van der Waals surface area contributed by atoms with Gasteiger partial charge >= 0.3 is 0 Å². The molecule has 0 aliphatic carbocycles. The molecule has 2 aromatic carbocycles. The third kappa shape index (κ3) is 4.12. The van der Waals surface area contributed by atoms with Crippen LogP contribution in [0.2, 0.25) is 0 Å².